The average Bonchev–Trinajstić information content (AvgIpc) is 2.83. The van der Waals surface area contributed by atoms with Crippen LogP contribution >= 0.6 is 0 Å². The topological polar surface area (TPSA) is 41.6 Å². The lowest BCUT2D eigenvalue weighted by molar-refractivity contribution is 0.755. The lowest BCUT2D eigenvalue weighted by Gasteiger charge is -1.90. The largest absolute Gasteiger partial charge is 0.263 e. The minimum absolute atomic E-state index is 0.677. The standard InChI is InChI=1S/C9H15N3/c1-2-3-4-8-10-9(12-11-8)7-5-6-7/h7H,2-6H2,1H3,(H,10,11,12). The smallest absolute Gasteiger partial charge is 0.153 e. The van der Waals surface area contributed by atoms with Crippen molar-refractivity contribution in [3.63, 3.8) is 0 Å². The quantitative estimate of drug-likeness (QED) is 0.741. The van der Waals surface area contributed by atoms with Crippen molar-refractivity contribution < 1.29 is 0 Å². The van der Waals surface area contributed by atoms with Gasteiger partial charge in [0.15, 0.2) is 5.82 Å². The van der Waals surface area contributed by atoms with Crippen LogP contribution in [0.1, 0.15) is 50.2 Å². The normalized spacial score (nSPS) is 16.8. The predicted octanol–water partition coefficient (Wildman–Crippen LogP) is 2.02. The number of unbranched alkanes of at least 4 members (excludes halogenated alkanes) is 1. The van der Waals surface area contributed by atoms with Gasteiger partial charge in [0, 0.05) is 12.3 Å². The van der Waals surface area contributed by atoms with Gasteiger partial charge in [0.05, 0.1) is 0 Å². The highest BCUT2D eigenvalue weighted by atomic mass is 15.2. The second-order valence-corrected chi connectivity index (χ2v) is 3.52. The van der Waals surface area contributed by atoms with E-state index in [9.17, 15) is 0 Å². The fourth-order valence-corrected chi connectivity index (χ4v) is 1.29. The third-order valence-electron chi connectivity index (χ3n) is 2.26. The average molecular weight is 165 g/mol. The summed E-state index contributed by atoms with van der Waals surface area (Å²) >= 11 is 0. The van der Waals surface area contributed by atoms with E-state index in [1.807, 2.05) is 0 Å². The second kappa shape index (κ2) is 3.25. The van der Waals surface area contributed by atoms with Crippen LogP contribution in [0.4, 0.5) is 0 Å². The molecule has 0 atom stereocenters. The van der Waals surface area contributed by atoms with Crippen molar-refractivity contribution in [1.82, 2.24) is 15.2 Å². The number of nitrogens with zero attached hydrogens (tertiary/aromatic N) is 2. The molecule has 1 heterocycles. The molecule has 1 aromatic heterocycles. The fourth-order valence-electron chi connectivity index (χ4n) is 1.29. The number of aryl methyl sites for hydroxylation is 1. The zero-order valence-corrected chi connectivity index (χ0v) is 7.51. The lowest BCUT2D eigenvalue weighted by atomic mass is 10.2. The molecule has 1 fully saturated rings. The monoisotopic (exact) mass is 165 g/mol. The molecule has 0 unspecified atom stereocenters. The Kier molecular flexibility index (Phi) is 2.11. The molecule has 0 radical (unpaired) electrons. The third-order valence-corrected chi connectivity index (χ3v) is 2.26. The van der Waals surface area contributed by atoms with Crippen molar-refractivity contribution in [3.8, 4) is 0 Å². The first-order valence-electron chi connectivity index (χ1n) is 4.81. The molecule has 0 amide bonds. The van der Waals surface area contributed by atoms with Gasteiger partial charge in [-0.3, -0.25) is 5.10 Å². The van der Waals surface area contributed by atoms with Gasteiger partial charge in [0.25, 0.3) is 0 Å². The van der Waals surface area contributed by atoms with Crippen LogP contribution in [0.5, 0.6) is 0 Å². The first-order valence-corrected chi connectivity index (χ1v) is 4.81. The Morgan fingerprint density at radius 2 is 2.33 bits per heavy atom. The second-order valence-electron chi connectivity index (χ2n) is 3.52. The maximum Gasteiger partial charge on any atom is 0.153 e. The number of H-pyrrole nitrogens is 1. The Morgan fingerprint density at radius 3 is 3.00 bits per heavy atom. The first-order chi connectivity index (χ1) is 5.90. The van der Waals surface area contributed by atoms with Crippen molar-refractivity contribution in [1.29, 1.82) is 0 Å². The molecule has 0 bridgehead atoms. The van der Waals surface area contributed by atoms with E-state index < -0.39 is 0 Å². The zero-order valence-electron chi connectivity index (χ0n) is 7.51. The summed E-state index contributed by atoms with van der Waals surface area (Å²) in [4.78, 5) is 4.44. The summed E-state index contributed by atoms with van der Waals surface area (Å²) in [7, 11) is 0. The van der Waals surface area contributed by atoms with Gasteiger partial charge in [-0.05, 0) is 19.3 Å². The van der Waals surface area contributed by atoms with Crippen LogP contribution in [-0.2, 0) is 6.42 Å². The van der Waals surface area contributed by atoms with E-state index in [2.05, 4.69) is 22.1 Å². The maximum atomic E-state index is 4.44. The molecule has 66 valence electrons. The summed E-state index contributed by atoms with van der Waals surface area (Å²) in [5.74, 6) is 2.79. The van der Waals surface area contributed by atoms with Crippen LogP contribution in [0.15, 0.2) is 0 Å². The van der Waals surface area contributed by atoms with Gasteiger partial charge in [-0.15, -0.1) is 0 Å². The van der Waals surface area contributed by atoms with Crippen LogP contribution in [0.2, 0.25) is 0 Å². The van der Waals surface area contributed by atoms with Crippen molar-refractivity contribution >= 4 is 0 Å². The van der Waals surface area contributed by atoms with E-state index in [1.54, 1.807) is 0 Å². The number of aromatic nitrogens is 3. The maximum absolute atomic E-state index is 4.44. The minimum Gasteiger partial charge on any atom is -0.263 e. The highest BCUT2D eigenvalue weighted by Gasteiger charge is 2.27. The summed E-state index contributed by atoms with van der Waals surface area (Å²) in [5, 5.41) is 7.20. The van der Waals surface area contributed by atoms with Gasteiger partial charge in [0.2, 0.25) is 0 Å². The van der Waals surface area contributed by atoms with Crippen LogP contribution in [0.3, 0.4) is 0 Å². The summed E-state index contributed by atoms with van der Waals surface area (Å²) in [6, 6.07) is 0. The number of rotatable bonds is 4. The van der Waals surface area contributed by atoms with E-state index >= 15 is 0 Å². The molecule has 1 aliphatic rings. The van der Waals surface area contributed by atoms with Crippen LogP contribution in [-0.4, -0.2) is 15.2 Å². The number of nitrogens with one attached hydrogen (secondary N) is 1. The summed E-state index contributed by atoms with van der Waals surface area (Å²) in [6.45, 7) is 2.19. The van der Waals surface area contributed by atoms with Gasteiger partial charge in [-0.2, -0.15) is 5.10 Å². The molecular formula is C9H15N3. The number of hydrogen-bond donors (Lipinski definition) is 1. The van der Waals surface area contributed by atoms with Crippen LogP contribution < -0.4 is 0 Å². The molecule has 1 aromatic rings. The molecule has 0 aliphatic heterocycles. The summed E-state index contributed by atoms with van der Waals surface area (Å²) < 4.78 is 0. The predicted molar refractivity (Wildman–Crippen MR) is 47.0 cm³/mol. The molecule has 2 rings (SSSR count). The van der Waals surface area contributed by atoms with Crippen molar-refractivity contribution in [2.75, 3.05) is 0 Å². The van der Waals surface area contributed by atoms with Crippen molar-refractivity contribution in [2.45, 2.75) is 44.9 Å². The van der Waals surface area contributed by atoms with Crippen LogP contribution in [0.25, 0.3) is 0 Å². The SMILES string of the molecule is CCCCc1nc(C2CC2)n[nH]1. The third kappa shape index (κ3) is 1.65. The first kappa shape index (κ1) is 7.77. The zero-order chi connectivity index (χ0) is 8.39. The molecule has 1 saturated carbocycles. The molecule has 1 aliphatic carbocycles. The van der Waals surface area contributed by atoms with Crippen molar-refractivity contribution in [2.24, 2.45) is 0 Å². The lowest BCUT2D eigenvalue weighted by Crippen LogP contribution is -1.87. The Labute approximate surface area is 72.6 Å². The molecule has 1 N–H and O–H groups in total. The minimum atomic E-state index is 0.677. The van der Waals surface area contributed by atoms with Gasteiger partial charge in [-0.25, -0.2) is 4.98 Å². The molecule has 0 spiro atoms. The van der Waals surface area contributed by atoms with E-state index in [1.165, 1.54) is 25.7 Å². The van der Waals surface area contributed by atoms with Gasteiger partial charge < -0.3 is 0 Å². The highest BCUT2D eigenvalue weighted by molar-refractivity contribution is 5.04. The molecular weight excluding hydrogens is 150 g/mol. The molecule has 3 nitrogen and oxygen atoms in total. The van der Waals surface area contributed by atoms with Gasteiger partial charge in [0.1, 0.15) is 5.82 Å². The van der Waals surface area contributed by atoms with Gasteiger partial charge in [-0.1, -0.05) is 13.3 Å². The molecule has 3 heteroatoms. The van der Waals surface area contributed by atoms with Crippen LogP contribution in [0, 0.1) is 0 Å². The summed E-state index contributed by atoms with van der Waals surface area (Å²) in [5.41, 5.74) is 0. The Bertz CT molecular complexity index is 250. The highest BCUT2D eigenvalue weighted by Crippen LogP contribution is 2.37. The molecule has 0 aromatic carbocycles. The molecule has 0 saturated heterocycles. The number of aromatic amines is 1. The van der Waals surface area contributed by atoms with E-state index in [0.717, 1.165) is 18.1 Å². The fraction of sp³-hybridized carbons (Fsp3) is 0.778. The number of hydrogen-bond acceptors (Lipinski definition) is 2. The molecule has 12 heavy (non-hydrogen) atoms. The van der Waals surface area contributed by atoms with Crippen molar-refractivity contribution in [3.05, 3.63) is 11.6 Å². The van der Waals surface area contributed by atoms with Gasteiger partial charge >= 0.3 is 0 Å². The Hall–Kier alpha value is -0.860. The summed E-state index contributed by atoms with van der Waals surface area (Å²) in [6.07, 6.45) is 6.05. The van der Waals surface area contributed by atoms with E-state index in [4.69, 9.17) is 0 Å². The van der Waals surface area contributed by atoms with E-state index in [0.29, 0.717) is 5.92 Å². The Morgan fingerprint density at radius 1 is 1.50 bits per heavy atom. The Balaban J connectivity index is 1.93. The van der Waals surface area contributed by atoms with E-state index in [-0.39, 0.29) is 0 Å².